The maximum Gasteiger partial charge on any atom is 0.227 e. The van der Waals surface area contributed by atoms with Crippen molar-refractivity contribution >= 4 is 40.6 Å². The summed E-state index contributed by atoms with van der Waals surface area (Å²) in [5.74, 6) is 1.29. The summed E-state index contributed by atoms with van der Waals surface area (Å²) in [7, 11) is 0. The molecule has 3 heterocycles. The highest BCUT2D eigenvalue weighted by Gasteiger charge is 2.27. The molecule has 1 aromatic heterocycles. The molecule has 0 bridgehead atoms. The van der Waals surface area contributed by atoms with Gasteiger partial charge in [0.1, 0.15) is 5.75 Å². The van der Waals surface area contributed by atoms with Crippen LogP contribution in [-0.2, 0) is 4.79 Å². The van der Waals surface area contributed by atoms with E-state index in [1.165, 1.54) is 0 Å². The molecule has 2 aliphatic rings. The van der Waals surface area contributed by atoms with Gasteiger partial charge in [0, 0.05) is 50.8 Å². The average Bonchev–Trinajstić information content (AvgIpc) is 3.44. The minimum Gasteiger partial charge on any atom is -0.507 e. The first-order chi connectivity index (χ1) is 15.5. The molecule has 2 N–H and O–H groups in total. The van der Waals surface area contributed by atoms with E-state index in [4.69, 9.17) is 27.7 Å². The molecule has 2 aromatic carbocycles. The smallest absolute Gasteiger partial charge is 0.227 e. The molecule has 3 aromatic rings. The standard InChI is InChI=1S/C23H22Cl2N4O3/c24-17-11-14(12-18(25)22(17)29-8-2-5-21(29)30)15-3-1-4-16(23(15)31)19-13-20(27-32-19)28-9-6-26-7-10-28/h1,3-4,11-13,26,31H,2,5-10H2. The summed E-state index contributed by atoms with van der Waals surface area (Å²) in [6.07, 6.45) is 1.27. The van der Waals surface area contributed by atoms with Crippen LogP contribution in [-0.4, -0.2) is 48.9 Å². The van der Waals surface area contributed by atoms with Gasteiger partial charge in [-0.3, -0.25) is 4.79 Å². The lowest BCUT2D eigenvalue weighted by atomic mass is 9.99. The third kappa shape index (κ3) is 3.81. The van der Waals surface area contributed by atoms with Crippen LogP contribution >= 0.6 is 23.2 Å². The number of piperazine rings is 1. The summed E-state index contributed by atoms with van der Waals surface area (Å²) < 4.78 is 5.55. The van der Waals surface area contributed by atoms with E-state index in [0.717, 1.165) is 38.4 Å². The fourth-order valence-electron chi connectivity index (χ4n) is 4.27. The number of carbonyl (C=O) groups excluding carboxylic acids is 1. The number of halogens is 2. The zero-order valence-corrected chi connectivity index (χ0v) is 18.8. The van der Waals surface area contributed by atoms with Crippen molar-refractivity contribution < 1.29 is 14.4 Å². The highest BCUT2D eigenvalue weighted by molar-refractivity contribution is 6.40. The number of hydrogen-bond donors (Lipinski definition) is 2. The fourth-order valence-corrected chi connectivity index (χ4v) is 4.97. The molecule has 0 spiro atoms. The number of amides is 1. The molecule has 9 heteroatoms. The Bertz CT molecular complexity index is 1150. The first-order valence-electron chi connectivity index (χ1n) is 10.6. The predicted molar refractivity (Wildman–Crippen MR) is 126 cm³/mol. The number of para-hydroxylation sites is 1. The van der Waals surface area contributed by atoms with E-state index < -0.39 is 0 Å². The van der Waals surface area contributed by atoms with Crippen molar-refractivity contribution in [1.29, 1.82) is 0 Å². The van der Waals surface area contributed by atoms with Crippen molar-refractivity contribution in [2.45, 2.75) is 12.8 Å². The van der Waals surface area contributed by atoms with E-state index in [0.29, 0.717) is 51.1 Å². The first kappa shape index (κ1) is 21.1. The SMILES string of the molecule is O=C1CCCN1c1c(Cl)cc(-c2cccc(-c3cc(N4CCNCC4)no3)c2O)cc1Cl. The molecule has 2 aliphatic heterocycles. The summed E-state index contributed by atoms with van der Waals surface area (Å²) in [6.45, 7) is 4.08. The van der Waals surface area contributed by atoms with Gasteiger partial charge in [-0.2, -0.15) is 0 Å². The average molecular weight is 473 g/mol. The van der Waals surface area contributed by atoms with E-state index in [2.05, 4.69) is 15.4 Å². The Morgan fingerprint density at radius 1 is 1.03 bits per heavy atom. The van der Waals surface area contributed by atoms with Gasteiger partial charge in [-0.05, 0) is 30.2 Å². The van der Waals surface area contributed by atoms with E-state index in [9.17, 15) is 9.90 Å². The van der Waals surface area contributed by atoms with E-state index in [1.54, 1.807) is 29.2 Å². The third-order valence-electron chi connectivity index (χ3n) is 5.91. The number of nitrogens with one attached hydrogen (secondary N) is 1. The minimum absolute atomic E-state index is 0.0111. The number of nitrogens with zero attached hydrogens (tertiary/aromatic N) is 3. The van der Waals surface area contributed by atoms with Crippen LogP contribution in [0, 0.1) is 0 Å². The molecule has 7 nitrogen and oxygen atoms in total. The van der Waals surface area contributed by atoms with Crippen LogP contribution in [0.2, 0.25) is 10.0 Å². The monoisotopic (exact) mass is 472 g/mol. The molecular weight excluding hydrogens is 451 g/mol. The van der Waals surface area contributed by atoms with Crippen LogP contribution in [0.15, 0.2) is 40.9 Å². The van der Waals surface area contributed by atoms with E-state index >= 15 is 0 Å². The number of anilines is 2. The quantitative estimate of drug-likeness (QED) is 0.579. The summed E-state index contributed by atoms with van der Waals surface area (Å²) >= 11 is 13.1. The Morgan fingerprint density at radius 3 is 2.44 bits per heavy atom. The molecule has 1 amide bonds. The second-order valence-corrected chi connectivity index (χ2v) is 8.74. The van der Waals surface area contributed by atoms with Crippen molar-refractivity contribution in [1.82, 2.24) is 10.5 Å². The number of rotatable bonds is 4. The maximum absolute atomic E-state index is 12.2. The minimum atomic E-state index is 0.0111. The lowest BCUT2D eigenvalue weighted by Crippen LogP contribution is -2.43. The Kier molecular flexibility index (Phi) is 5.71. The fraction of sp³-hybridized carbons (Fsp3) is 0.304. The zero-order valence-electron chi connectivity index (χ0n) is 17.3. The second kappa shape index (κ2) is 8.65. The van der Waals surface area contributed by atoms with Gasteiger partial charge in [0.25, 0.3) is 0 Å². The van der Waals surface area contributed by atoms with Gasteiger partial charge in [-0.15, -0.1) is 0 Å². The second-order valence-electron chi connectivity index (χ2n) is 7.93. The van der Waals surface area contributed by atoms with Crippen molar-refractivity contribution in [3.8, 4) is 28.2 Å². The van der Waals surface area contributed by atoms with Crippen LogP contribution < -0.4 is 15.1 Å². The Morgan fingerprint density at radius 2 is 1.75 bits per heavy atom. The number of carbonyl (C=O) groups is 1. The Balaban J connectivity index is 1.49. The molecule has 0 aliphatic carbocycles. The van der Waals surface area contributed by atoms with Crippen LogP contribution in [0.1, 0.15) is 12.8 Å². The normalized spacial score (nSPS) is 16.8. The van der Waals surface area contributed by atoms with Gasteiger partial charge in [0.05, 0.1) is 21.3 Å². The van der Waals surface area contributed by atoms with Gasteiger partial charge in [0.2, 0.25) is 5.91 Å². The molecule has 5 rings (SSSR count). The van der Waals surface area contributed by atoms with Crippen LogP contribution in [0.5, 0.6) is 5.75 Å². The molecule has 2 fully saturated rings. The summed E-state index contributed by atoms with van der Waals surface area (Å²) in [5.41, 5.74) is 2.26. The van der Waals surface area contributed by atoms with Crippen molar-refractivity contribution in [2.24, 2.45) is 0 Å². The van der Waals surface area contributed by atoms with E-state index in [1.807, 2.05) is 12.1 Å². The highest BCUT2D eigenvalue weighted by atomic mass is 35.5. The summed E-state index contributed by atoms with van der Waals surface area (Å²) in [5, 5.41) is 19.3. The number of phenolic OH excluding ortho intramolecular Hbond substituents is 1. The largest absolute Gasteiger partial charge is 0.507 e. The summed E-state index contributed by atoms with van der Waals surface area (Å²) in [6, 6.07) is 10.7. The number of hydrogen-bond acceptors (Lipinski definition) is 6. The van der Waals surface area contributed by atoms with Crippen LogP contribution in [0.25, 0.3) is 22.5 Å². The van der Waals surface area contributed by atoms with Gasteiger partial charge >= 0.3 is 0 Å². The Labute approximate surface area is 195 Å². The van der Waals surface area contributed by atoms with Gasteiger partial charge < -0.3 is 24.7 Å². The van der Waals surface area contributed by atoms with E-state index in [-0.39, 0.29) is 11.7 Å². The zero-order chi connectivity index (χ0) is 22.2. The maximum atomic E-state index is 12.2. The number of benzene rings is 2. The van der Waals surface area contributed by atoms with Gasteiger partial charge in [0.15, 0.2) is 11.6 Å². The van der Waals surface area contributed by atoms with Gasteiger partial charge in [-0.1, -0.05) is 40.5 Å². The molecule has 2 saturated heterocycles. The highest BCUT2D eigenvalue weighted by Crippen LogP contribution is 2.44. The van der Waals surface area contributed by atoms with Crippen molar-refractivity contribution in [3.05, 3.63) is 46.4 Å². The topological polar surface area (TPSA) is 81.8 Å². The van der Waals surface area contributed by atoms with Crippen LogP contribution in [0.4, 0.5) is 11.5 Å². The number of phenols is 1. The molecule has 0 unspecified atom stereocenters. The Hall–Kier alpha value is -2.74. The molecule has 166 valence electrons. The lowest BCUT2D eigenvalue weighted by Gasteiger charge is -2.26. The van der Waals surface area contributed by atoms with Crippen molar-refractivity contribution in [3.63, 3.8) is 0 Å². The number of aromatic hydroxyl groups is 1. The predicted octanol–water partition coefficient (Wildman–Crippen LogP) is 4.56. The lowest BCUT2D eigenvalue weighted by molar-refractivity contribution is -0.117. The first-order valence-corrected chi connectivity index (χ1v) is 11.3. The van der Waals surface area contributed by atoms with Crippen LogP contribution in [0.3, 0.4) is 0 Å². The third-order valence-corrected chi connectivity index (χ3v) is 6.49. The summed E-state index contributed by atoms with van der Waals surface area (Å²) in [4.78, 5) is 15.9. The van der Waals surface area contributed by atoms with Crippen molar-refractivity contribution in [2.75, 3.05) is 42.5 Å². The molecule has 0 saturated carbocycles. The molecular formula is C23H22Cl2N4O3. The molecule has 0 radical (unpaired) electrons. The number of aromatic nitrogens is 1. The molecule has 0 atom stereocenters. The molecule has 32 heavy (non-hydrogen) atoms. The van der Waals surface area contributed by atoms with Gasteiger partial charge in [-0.25, -0.2) is 0 Å².